The Kier molecular flexibility index (Phi) is 9.53. The fourth-order valence-corrected chi connectivity index (χ4v) is 2.20. The molecule has 0 spiro atoms. The molecule has 1 unspecified atom stereocenters. The summed E-state index contributed by atoms with van der Waals surface area (Å²) in [7, 11) is 5.24. The van der Waals surface area contributed by atoms with Crippen LogP contribution in [0.25, 0.3) is 0 Å². The third kappa shape index (κ3) is 7.19. The SMILES string of the molecule is COCCOCCOCCN1CCNCC1C(=O)N(C)C. The van der Waals surface area contributed by atoms with Crippen LogP contribution in [0.5, 0.6) is 0 Å². The molecule has 1 heterocycles. The predicted octanol–water partition coefficient (Wildman–Crippen LogP) is -0.972. The quantitative estimate of drug-likeness (QED) is 0.524. The largest absolute Gasteiger partial charge is 0.382 e. The summed E-state index contributed by atoms with van der Waals surface area (Å²) in [6.45, 7) is 6.22. The third-order valence-electron chi connectivity index (χ3n) is 3.41. The summed E-state index contributed by atoms with van der Waals surface area (Å²) in [5.74, 6) is 0.144. The molecule has 0 aromatic heterocycles. The molecule has 0 bridgehead atoms. The maximum absolute atomic E-state index is 12.1. The van der Waals surface area contributed by atoms with E-state index in [0.29, 0.717) is 39.6 Å². The topological polar surface area (TPSA) is 63.3 Å². The first-order chi connectivity index (χ1) is 10.2. The van der Waals surface area contributed by atoms with Gasteiger partial charge in [0.2, 0.25) is 5.91 Å². The van der Waals surface area contributed by atoms with Crippen molar-refractivity contribution in [2.75, 3.05) is 80.4 Å². The average Bonchev–Trinajstić information content (AvgIpc) is 2.49. The Labute approximate surface area is 127 Å². The number of methoxy groups -OCH3 is 1. The number of likely N-dealkylation sites (N-methyl/N-ethyl adjacent to an activating group) is 1. The Morgan fingerprint density at radius 2 is 1.86 bits per heavy atom. The smallest absolute Gasteiger partial charge is 0.240 e. The molecule has 124 valence electrons. The van der Waals surface area contributed by atoms with Crippen molar-refractivity contribution < 1.29 is 19.0 Å². The van der Waals surface area contributed by atoms with Gasteiger partial charge >= 0.3 is 0 Å². The molecule has 1 aliphatic heterocycles. The molecule has 1 rings (SSSR count). The molecule has 21 heavy (non-hydrogen) atoms. The van der Waals surface area contributed by atoms with Crippen LogP contribution in [0.1, 0.15) is 0 Å². The molecule has 1 atom stereocenters. The van der Waals surface area contributed by atoms with Crippen LogP contribution in [0.4, 0.5) is 0 Å². The standard InChI is InChI=1S/C14H29N3O4/c1-16(2)14(18)13-12-15-4-5-17(13)6-7-20-10-11-21-9-8-19-3/h13,15H,4-12H2,1-3H3. The van der Waals surface area contributed by atoms with Gasteiger partial charge in [-0.1, -0.05) is 0 Å². The number of rotatable bonds is 10. The van der Waals surface area contributed by atoms with E-state index in [-0.39, 0.29) is 11.9 Å². The van der Waals surface area contributed by atoms with E-state index in [2.05, 4.69) is 10.2 Å². The minimum Gasteiger partial charge on any atom is -0.382 e. The van der Waals surface area contributed by atoms with Gasteiger partial charge in [-0.15, -0.1) is 0 Å². The van der Waals surface area contributed by atoms with Gasteiger partial charge in [0, 0.05) is 47.4 Å². The molecule has 0 radical (unpaired) electrons. The maximum Gasteiger partial charge on any atom is 0.240 e. The van der Waals surface area contributed by atoms with Gasteiger partial charge < -0.3 is 24.4 Å². The molecular formula is C14H29N3O4. The van der Waals surface area contributed by atoms with Crippen LogP contribution in [0.15, 0.2) is 0 Å². The van der Waals surface area contributed by atoms with Crippen molar-refractivity contribution in [3.63, 3.8) is 0 Å². The Morgan fingerprint density at radius 3 is 2.52 bits per heavy atom. The highest BCUT2D eigenvalue weighted by Crippen LogP contribution is 2.05. The van der Waals surface area contributed by atoms with Crippen LogP contribution >= 0.6 is 0 Å². The normalized spacial score (nSPS) is 19.7. The summed E-state index contributed by atoms with van der Waals surface area (Å²) < 4.78 is 15.8. The number of nitrogens with zero attached hydrogens (tertiary/aromatic N) is 2. The Balaban J connectivity index is 2.15. The molecule has 1 amide bonds. The lowest BCUT2D eigenvalue weighted by Crippen LogP contribution is -2.58. The minimum atomic E-state index is -0.0877. The molecule has 1 saturated heterocycles. The highest BCUT2D eigenvalue weighted by molar-refractivity contribution is 5.81. The van der Waals surface area contributed by atoms with Crippen LogP contribution in [0.3, 0.4) is 0 Å². The fraction of sp³-hybridized carbons (Fsp3) is 0.929. The van der Waals surface area contributed by atoms with Crippen LogP contribution in [0.2, 0.25) is 0 Å². The van der Waals surface area contributed by atoms with Crippen LogP contribution in [-0.2, 0) is 19.0 Å². The highest BCUT2D eigenvalue weighted by Gasteiger charge is 2.29. The summed E-state index contributed by atoms with van der Waals surface area (Å²) in [4.78, 5) is 15.9. The van der Waals surface area contributed by atoms with Crippen molar-refractivity contribution in [1.29, 1.82) is 0 Å². The van der Waals surface area contributed by atoms with E-state index in [9.17, 15) is 4.79 Å². The summed E-state index contributed by atoms with van der Waals surface area (Å²) in [5, 5.41) is 3.27. The van der Waals surface area contributed by atoms with Crippen molar-refractivity contribution >= 4 is 5.91 Å². The van der Waals surface area contributed by atoms with Gasteiger partial charge in [-0.05, 0) is 0 Å². The predicted molar refractivity (Wildman–Crippen MR) is 80.4 cm³/mol. The second kappa shape index (κ2) is 10.9. The average molecular weight is 303 g/mol. The zero-order valence-corrected chi connectivity index (χ0v) is 13.5. The summed E-state index contributed by atoms with van der Waals surface area (Å²) in [5.41, 5.74) is 0. The lowest BCUT2D eigenvalue weighted by Gasteiger charge is -2.36. The zero-order valence-electron chi connectivity index (χ0n) is 13.5. The van der Waals surface area contributed by atoms with E-state index >= 15 is 0 Å². The van der Waals surface area contributed by atoms with Gasteiger partial charge in [0.1, 0.15) is 6.04 Å². The molecule has 0 aliphatic carbocycles. The lowest BCUT2D eigenvalue weighted by molar-refractivity contribution is -0.135. The first-order valence-corrected chi connectivity index (χ1v) is 7.47. The van der Waals surface area contributed by atoms with E-state index < -0.39 is 0 Å². The molecule has 1 N–H and O–H groups in total. The Hall–Kier alpha value is -0.730. The number of amides is 1. The summed E-state index contributed by atoms with van der Waals surface area (Å²) in [6, 6.07) is -0.0877. The minimum absolute atomic E-state index is 0.0877. The molecule has 1 aliphatic rings. The summed E-state index contributed by atoms with van der Waals surface area (Å²) >= 11 is 0. The molecule has 0 aromatic carbocycles. The van der Waals surface area contributed by atoms with E-state index in [4.69, 9.17) is 14.2 Å². The van der Waals surface area contributed by atoms with Crippen LogP contribution in [-0.4, -0.2) is 102 Å². The van der Waals surface area contributed by atoms with Crippen molar-refractivity contribution in [2.24, 2.45) is 0 Å². The van der Waals surface area contributed by atoms with Crippen LogP contribution < -0.4 is 5.32 Å². The van der Waals surface area contributed by atoms with Gasteiger partial charge in [-0.25, -0.2) is 0 Å². The molecule has 0 aromatic rings. The van der Waals surface area contributed by atoms with Gasteiger partial charge in [-0.3, -0.25) is 9.69 Å². The van der Waals surface area contributed by atoms with E-state index in [1.807, 2.05) is 0 Å². The highest BCUT2D eigenvalue weighted by atomic mass is 16.5. The first-order valence-electron chi connectivity index (χ1n) is 7.47. The molecule has 7 heteroatoms. The lowest BCUT2D eigenvalue weighted by atomic mass is 10.1. The zero-order chi connectivity index (χ0) is 15.5. The second-order valence-corrected chi connectivity index (χ2v) is 5.21. The van der Waals surface area contributed by atoms with Crippen molar-refractivity contribution in [1.82, 2.24) is 15.1 Å². The van der Waals surface area contributed by atoms with Crippen molar-refractivity contribution in [2.45, 2.75) is 6.04 Å². The number of hydrogen-bond donors (Lipinski definition) is 1. The first kappa shape index (κ1) is 18.3. The Bertz CT molecular complexity index is 289. The number of ether oxygens (including phenoxy) is 3. The molecule has 0 saturated carbocycles. The van der Waals surface area contributed by atoms with Crippen LogP contribution in [0, 0.1) is 0 Å². The van der Waals surface area contributed by atoms with E-state index in [0.717, 1.165) is 19.6 Å². The number of carbonyl (C=O) groups excluding carboxylic acids is 1. The molecule has 1 fully saturated rings. The number of carbonyl (C=O) groups is 1. The Morgan fingerprint density at radius 1 is 1.19 bits per heavy atom. The second-order valence-electron chi connectivity index (χ2n) is 5.21. The van der Waals surface area contributed by atoms with Gasteiger partial charge in [0.05, 0.1) is 33.0 Å². The van der Waals surface area contributed by atoms with E-state index in [1.165, 1.54) is 0 Å². The summed E-state index contributed by atoms with van der Waals surface area (Å²) in [6.07, 6.45) is 0. The van der Waals surface area contributed by atoms with Gasteiger partial charge in [0.15, 0.2) is 0 Å². The number of nitrogens with one attached hydrogen (secondary N) is 1. The van der Waals surface area contributed by atoms with E-state index in [1.54, 1.807) is 26.1 Å². The third-order valence-corrected chi connectivity index (χ3v) is 3.41. The van der Waals surface area contributed by atoms with Gasteiger partial charge in [-0.2, -0.15) is 0 Å². The maximum atomic E-state index is 12.1. The van der Waals surface area contributed by atoms with Gasteiger partial charge in [0.25, 0.3) is 0 Å². The van der Waals surface area contributed by atoms with Crippen molar-refractivity contribution in [3.05, 3.63) is 0 Å². The van der Waals surface area contributed by atoms with Crippen molar-refractivity contribution in [3.8, 4) is 0 Å². The number of hydrogen-bond acceptors (Lipinski definition) is 6. The fourth-order valence-electron chi connectivity index (χ4n) is 2.20. The molecular weight excluding hydrogens is 274 g/mol. The number of piperazine rings is 1. The molecule has 7 nitrogen and oxygen atoms in total. The monoisotopic (exact) mass is 303 g/mol.